The molecule has 0 aliphatic heterocycles. The van der Waals surface area contributed by atoms with Gasteiger partial charge in [-0.15, -0.1) is 11.3 Å². The van der Waals surface area contributed by atoms with Crippen LogP contribution < -0.4 is 5.32 Å². The van der Waals surface area contributed by atoms with Crippen LogP contribution in [0, 0.1) is 23.7 Å². The Balaban J connectivity index is 1.65. The van der Waals surface area contributed by atoms with Crippen LogP contribution in [0.1, 0.15) is 52.9 Å². The summed E-state index contributed by atoms with van der Waals surface area (Å²) in [6.07, 6.45) is 10.5. The van der Waals surface area contributed by atoms with E-state index in [2.05, 4.69) is 5.32 Å². The molecular weight excluding hydrogens is 378 g/mol. The maximum atomic E-state index is 13.2. The highest BCUT2D eigenvalue weighted by Gasteiger charge is 2.48. The van der Waals surface area contributed by atoms with Crippen molar-refractivity contribution < 1.29 is 24.2 Å². The highest BCUT2D eigenvalue weighted by Crippen LogP contribution is 2.46. The molecular formula is C21H25NO5S. The second-order valence-electron chi connectivity index (χ2n) is 7.93. The summed E-state index contributed by atoms with van der Waals surface area (Å²) < 4.78 is 4.99. The van der Waals surface area contributed by atoms with Crippen LogP contribution in [-0.2, 0) is 27.2 Å². The number of aliphatic carboxylic acids is 1. The minimum Gasteiger partial charge on any atom is -0.481 e. The average Bonchev–Trinajstić information content (AvgIpc) is 2.87. The Hall–Kier alpha value is -2.15. The van der Waals surface area contributed by atoms with Crippen LogP contribution in [0.4, 0.5) is 5.00 Å². The summed E-state index contributed by atoms with van der Waals surface area (Å²) in [5.74, 6) is -3.13. The van der Waals surface area contributed by atoms with Crippen LogP contribution in [-0.4, -0.2) is 30.1 Å². The number of esters is 1. The van der Waals surface area contributed by atoms with Gasteiger partial charge in [0.25, 0.3) is 0 Å². The zero-order valence-corrected chi connectivity index (χ0v) is 16.7. The third-order valence-electron chi connectivity index (χ3n) is 6.38. The number of anilines is 1. The van der Waals surface area contributed by atoms with Crippen molar-refractivity contribution in [2.75, 3.05) is 12.4 Å². The predicted octanol–water partition coefficient (Wildman–Crippen LogP) is 3.66. The van der Waals surface area contributed by atoms with Gasteiger partial charge in [0.05, 0.1) is 24.5 Å². The zero-order chi connectivity index (χ0) is 19.8. The molecule has 1 aromatic rings. The molecule has 1 saturated carbocycles. The number of ether oxygens (including phenoxy) is 1. The van der Waals surface area contributed by atoms with Gasteiger partial charge in [0.15, 0.2) is 0 Å². The van der Waals surface area contributed by atoms with Crippen molar-refractivity contribution in [2.24, 2.45) is 23.7 Å². The number of rotatable bonds is 4. The molecule has 1 amide bonds. The predicted molar refractivity (Wildman–Crippen MR) is 106 cm³/mol. The van der Waals surface area contributed by atoms with Gasteiger partial charge in [-0.3, -0.25) is 9.59 Å². The lowest BCUT2D eigenvalue weighted by molar-refractivity contribution is -0.151. The lowest BCUT2D eigenvalue weighted by atomic mass is 9.62. The van der Waals surface area contributed by atoms with Gasteiger partial charge < -0.3 is 15.2 Å². The van der Waals surface area contributed by atoms with Crippen LogP contribution in [0.5, 0.6) is 0 Å². The van der Waals surface area contributed by atoms with Crippen LogP contribution in [0.25, 0.3) is 0 Å². The summed E-state index contributed by atoms with van der Waals surface area (Å²) >= 11 is 1.44. The van der Waals surface area contributed by atoms with Gasteiger partial charge in [-0.25, -0.2) is 4.79 Å². The van der Waals surface area contributed by atoms with Gasteiger partial charge in [0.1, 0.15) is 5.00 Å². The van der Waals surface area contributed by atoms with E-state index in [1.54, 1.807) is 0 Å². The summed E-state index contributed by atoms with van der Waals surface area (Å²) in [4.78, 5) is 38.6. The summed E-state index contributed by atoms with van der Waals surface area (Å²) in [5, 5.41) is 13.1. The summed E-state index contributed by atoms with van der Waals surface area (Å²) in [6, 6.07) is 0. The number of carbonyl (C=O) groups is 3. The third-order valence-corrected chi connectivity index (χ3v) is 7.59. The quantitative estimate of drug-likeness (QED) is 0.455. The summed E-state index contributed by atoms with van der Waals surface area (Å²) in [7, 11) is 1.35. The molecule has 1 heterocycles. The molecule has 4 aliphatic carbocycles. The van der Waals surface area contributed by atoms with Crippen LogP contribution in [0.2, 0.25) is 0 Å². The molecule has 150 valence electrons. The minimum absolute atomic E-state index is 0.0644. The van der Waals surface area contributed by atoms with E-state index >= 15 is 0 Å². The number of carboxylic acid groups (broad SMARTS) is 1. The topological polar surface area (TPSA) is 92.7 Å². The molecule has 0 aromatic carbocycles. The molecule has 2 bridgehead atoms. The maximum absolute atomic E-state index is 13.2. The molecule has 6 nitrogen and oxygen atoms in total. The number of thiophene rings is 1. The van der Waals surface area contributed by atoms with Crippen LogP contribution in [0.15, 0.2) is 12.2 Å². The Morgan fingerprint density at radius 1 is 1.07 bits per heavy atom. The largest absolute Gasteiger partial charge is 0.481 e. The fraction of sp³-hybridized carbons (Fsp3) is 0.571. The Morgan fingerprint density at radius 2 is 1.75 bits per heavy atom. The highest BCUT2D eigenvalue weighted by molar-refractivity contribution is 7.17. The van der Waals surface area contributed by atoms with E-state index < -0.39 is 23.8 Å². The molecule has 7 heteroatoms. The van der Waals surface area contributed by atoms with Gasteiger partial charge in [0.2, 0.25) is 5.91 Å². The van der Waals surface area contributed by atoms with E-state index in [1.165, 1.54) is 18.4 Å². The summed E-state index contributed by atoms with van der Waals surface area (Å²) in [6.45, 7) is 0. The lowest BCUT2D eigenvalue weighted by Gasteiger charge is -2.41. The van der Waals surface area contributed by atoms with E-state index in [9.17, 15) is 19.5 Å². The first-order chi connectivity index (χ1) is 13.5. The second-order valence-corrected chi connectivity index (χ2v) is 9.03. The van der Waals surface area contributed by atoms with Crippen molar-refractivity contribution in [2.45, 2.75) is 44.9 Å². The Bertz CT molecular complexity index is 842. The van der Waals surface area contributed by atoms with Crippen molar-refractivity contribution in [3.8, 4) is 0 Å². The molecule has 1 fully saturated rings. The number of carbonyl (C=O) groups excluding carboxylic acids is 2. The fourth-order valence-electron chi connectivity index (χ4n) is 5.03. The average molecular weight is 404 g/mol. The van der Waals surface area contributed by atoms with Crippen molar-refractivity contribution >= 4 is 34.2 Å². The van der Waals surface area contributed by atoms with Crippen molar-refractivity contribution in [3.63, 3.8) is 0 Å². The number of allylic oxidation sites excluding steroid dienone is 2. The molecule has 2 N–H and O–H groups in total. The summed E-state index contributed by atoms with van der Waals surface area (Å²) in [5.41, 5.74) is 1.45. The van der Waals surface area contributed by atoms with E-state index in [0.29, 0.717) is 10.6 Å². The zero-order valence-electron chi connectivity index (χ0n) is 15.9. The van der Waals surface area contributed by atoms with E-state index in [4.69, 9.17) is 4.74 Å². The molecule has 0 radical (unpaired) electrons. The SMILES string of the molecule is COC(=O)c1c(NC(=O)[C@H]2[C@@H](C(=O)O)[C@H]3C=C[C@@H]2CC3)sc2c1CCCCC2. The standard InChI is InChI=1S/C21H25NO5S/c1-27-21(26)17-13-5-3-2-4-6-14(13)28-19(17)22-18(23)15-11-7-9-12(10-8-11)16(15)20(24)25/h7,9,11-12,15-16H,2-6,8,10H2,1H3,(H,22,23)(H,24,25)/t11-,12+,15-,16+/m1/s1. The third kappa shape index (κ3) is 3.26. The molecule has 0 saturated heterocycles. The first kappa shape index (κ1) is 19.2. The first-order valence-corrected chi connectivity index (χ1v) is 10.8. The first-order valence-electron chi connectivity index (χ1n) is 9.96. The molecule has 4 atom stereocenters. The van der Waals surface area contributed by atoms with Gasteiger partial charge in [-0.2, -0.15) is 0 Å². The molecule has 0 spiro atoms. The number of methoxy groups -OCH3 is 1. The normalized spacial score (nSPS) is 28.3. The highest BCUT2D eigenvalue weighted by atomic mass is 32.1. The molecule has 28 heavy (non-hydrogen) atoms. The van der Waals surface area contributed by atoms with E-state index in [0.717, 1.165) is 55.4 Å². The number of carboxylic acids is 1. The van der Waals surface area contributed by atoms with E-state index in [-0.39, 0.29) is 17.7 Å². The Morgan fingerprint density at radius 3 is 2.39 bits per heavy atom. The number of fused-ring (bicyclic) bond motifs is 3. The molecule has 1 aromatic heterocycles. The van der Waals surface area contributed by atoms with Gasteiger partial charge in [-0.05, 0) is 55.9 Å². The van der Waals surface area contributed by atoms with Gasteiger partial charge in [0, 0.05) is 4.88 Å². The molecule has 0 unspecified atom stereocenters. The van der Waals surface area contributed by atoms with Gasteiger partial charge >= 0.3 is 11.9 Å². The number of hydrogen-bond acceptors (Lipinski definition) is 5. The molecule has 4 aliphatic rings. The number of hydrogen-bond donors (Lipinski definition) is 2. The van der Waals surface area contributed by atoms with Gasteiger partial charge in [-0.1, -0.05) is 18.6 Å². The van der Waals surface area contributed by atoms with Crippen molar-refractivity contribution in [1.82, 2.24) is 0 Å². The second kappa shape index (κ2) is 7.70. The smallest absolute Gasteiger partial charge is 0.341 e. The van der Waals surface area contributed by atoms with Crippen molar-refractivity contribution in [1.29, 1.82) is 0 Å². The van der Waals surface area contributed by atoms with E-state index in [1.807, 2.05) is 12.2 Å². The Labute approximate surface area is 168 Å². The van der Waals surface area contributed by atoms with Crippen LogP contribution >= 0.6 is 11.3 Å². The number of nitrogens with one attached hydrogen (secondary N) is 1. The monoisotopic (exact) mass is 403 g/mol. The maximum Gasteiger partial charge on any atom is 0.341 e. The fourth-order valence-corrected chi connectivity index (χ4v) is 6.31. The van der Waals surface area contributed by atoms with Crippen molar-refractivity contribution in [3.05, 3.63) is 28.2 Å². The molecule has 5 rings (SSSR count). The number of amides is 1. The Kier molecular flexibility index (Phi) is 5.27. The number of aryl methyl sites for hydroxylation is 1. The minimum atomic E-state index is -0.922. The van der Waals surface area contributed by atoms with Crippen LogP contribution in [0.3, 0.4) is 0 Å². The lowest BCUT2D eigenvalue weighted by Crippen LogP contribution is -2.47.